The lowest BCUT2D eigenvalue weighted by atomic mass is 10.2. The van der Waals surface area contributed by atoms with Gasteiger partial charge >= 0.3 is 0 Å². The van der Waals surface area contributed by atoms with Crippen molar-refractivity contribution in [1.29, 1.82) is 0 Å². The molecule has 92 valence electrons. The minimum absolute atomic E-state index is 0.563. The maximum atomic E-state index is 4.52. The summed E-state index contributed by atoms with van der Waals surface area (Å²) < 4.78 is 1.68. The van der Waals surface area contributed by atoms with E-state index in [4.69, 9.17) is 0 Å². The molecule has 18 heavy (non-hydrogen) atoms. The lowest BCUT2D eigenvalue weighted by molar-refractivity contribution is 0.838. The Kier molecular flexibility index (Phi) is 3.10. The molecule has 1 aromatic carbocycles. The summed E-state index contributed by atoms with van der Waals surface area (Å²) in [5, 5.41) is 13.7. The molecule has 0 bridgehead atoms. The van der Waals surface area contributed by atoms with Gasteiger partial charge in [-0.25, -0.2) is 4.98 Å². The van der Waals surface area contributed by atoms with Gasteiger partial charge in [0.1, 0.15) is 5.03 Å². The smallest absolute Gasteiger partial charge is 0.202 e. The SMILES string of the molecule is CCCCSc1nc2nnnn2c2ccccc12. The summed E-state index contributed by atoms with van der Waals surface area (Å²) in [7, 11) is 0. The molecule has 0 atom stereocenters. The van der Waals surface area contributed by atoms with Crippen LogP contribution in [0.3, 0.4) is 0 Å². The van der Waals surface area contributed by atoms with Crippen LogP contribution in [0.25, 0.3) is 16.7 Å². The van der Waals surface area contributed by atoms with Crippen molar-refractivity contribution in [2.24, 2.45) is 0 Å². The first-order chi connectivity index (χ1) is 8.90. The van der Waals surface area contributed by atoms with Crippen molar-refractivity contribution >= 4 is 28.4 Å². The zero-order valence-corrected chi connectivity index (χ0v) is 10.9. The zero-order valence-electron chi connectivity index (χ0n) is 10.1. The molecule has 5 nitrogen and oxygen atoms in total. The molecule has 0 aliphatic rings. The average Bonchev–Trinajstić information content (AvgIpc) is 2.87. The van der Waals surface area contributed by atoms with Gasteiger partial charge in [0.2, 0.25) is 0 Å². The van der Waals surface area contributed by atoms with Crippen LogP contribution < -0.4 is 0 Å². The molecule has 0 aliphatic heterocycles. The van der Waals surface area contributed by atoms with Crippen LogP contribution >= 0.6 is 11.8 Å². The van der Waals surface area contributed by atoms with E-state index in [0.717, 1.165) is 21.7 Å². The van der Waals surface area contributed by atoms with Gasteiger partial charge in [-0.1, -0.05) is 36.6 Å². The lowest BCUT2D eigenvalue weighted by Crippen LogP contribution is -1.96. The van der Waals surface area contributed by atoms with Crippen molar-refractivity contribution in [3.63, 3.8) is 0 Å². The summed E-state index contributed by atoms with van der Waals surface area (Å²) in [6.07, 6.45) is 2.39. The van der Waals surface area contributed by atoms with Crippen molar-refractivity contribution in [2.45, 2.75) is 24.8 Å². The van der Waals surface area contributed by atoms with E-state index in [1.807, 2.05) is 18.2 Å². The van der Waals surface area contributed by atoms with Gasteiger partial charge in [0.25, 0.3) is 5.78 Å². The Morgan fingerprint density at radius 3 is 3.06 bits per heavy atom. The summed E-state index contributed by atoms with van der Waals surface area (Å²) in [5.74, 6) is 1.64. The lowest BCUT2D eigenvalue weighted by Gasteiger charge is -2.05. The highest BCUT2D eigenvalue weighted by Crippen LogP contribution is 2.26. The number of thioether (sulfide) groups is 1. The van der Waals surface area contributed by atoms with Crippen molar-refractivity contribution in [3.05, 3.63) is 24.3 Å². The molecule has 6 heteroatoms. The van der Waals surface area contributed by atoms with E-state index in [2.05, 4.69) is 33.5 Å². The Morgan fingerprint density at radius 1 is 1.28 bits per heavy atom. The molecular formula is C12H13N5S. The third-order valence-electron chi connectivity index (χ3n) is 2.75. The molecule has 0 amide bonds. The topological polar surface area (TPSA) is 56.0 Å². The number of nitrogens with zero attached hydrogens (tertiary/aromatic N) is 5. The number of rotatable bonds is 4. The van der Waals surface area contributed by atoms with E-state index in [1.165, 1.54) is 12.8 Å². The van der Waals surface area contributed by atoms with Crippen molar-refractivity contribution in [1.82, 2.24) is 25.0 Å². The highest BCUT2D eigenvalue weighted by atomic mass is 32.2. The van der Waals surface area contributed by atoms with E-state index in [-0.39, 0.29) is 0 Å². The van der Waals surface area contributed by atoms with Crippen LogP contribution in [0.5, 0.6) is 0 Å². The van der Waals surface area contributed by atoms with Crippen molar-refractivity contribution in [2.75, 3.05) is 5.75 Å². The molecule has 0 fully saturated rings. The molecule has 0 N–H and O–H groups in total. The first-order valence-corrected chi connectivity index (χ1v) is 6.98. The normalized spacial score (nSPS) is 11.4. The number of unbranched alkanes of at least 4 members (excludes halogenated alkanes) is 1. The second kappa shape index (κ2) is 4.89. The number of hydrogen-bond acceptors (Lipinski definition) is 5. The fourth-order valence-corrected chi connectivity index (χ4v) is 2.92. The van der Waals surface area contributed by atoms with E-state index >= 15 is 0 Å². The van der Waals surface area contributed by atoms with Gasteiger partial charge in [-0.05, 0) is 28.7 Å². The number of hydrogen-bond donors (Lipinski definition) is 0. The van der Waals surface area contributed by atoms with Gasteiger partial charge in [0.05, 0.1) is 5.52 Å². The molecule has 2 aromatic heterocycles. The fourth-order valence-electron chi connectivity index (χ4n) is 1.82. The average molecular weight is 259 g/mol. The van der Waals surface area contributed by atoms with Crippen molar-refractivity contribution in [3.8, 4) is 0 Å². The van der Waals surface area contributed by atoms with E-state index < -0.39 is 0 Å². The first kappa shape index (κ1) is 11.4. The van der Waals surface area contributed by atoms with E-state index in [0.29, 0.717) is 5.78 Å². The summed E-state index contributed by atoms with van der Waals surface area (Å²) in [4.78, 5) is 4.52. The Bertz CT molecular complexity index is 678. The van der Waals surface area contributed by atoms with Gasteiger partial charge < -0.3 is 0 Å². The molecule has 0 radical (unpaired) electrons. The minimum atomic E-state index is 0.563. The first-order valence-electron chi connectivity index (χ1n) is 6.00. The molecule has 0 saturated heterocycles. The standard InChI is InChI=1S/C12H13N5S/c1-2-3-8-18-11-9-6-4-5-7-10(9)17-12(13-11)14-15-16-17/h4-7H,2-3,8H2,1H3. The zero-order chi connectivity index (χ0) is 12.4. The van der Waals surface area contributed by atoms with Crippen LogP contribution in [0.1, 0.15) is 19.8 Å². The van der Waals surface area contributed by atoms with Gasteiger partial charge in [-0.3, -0.25) is 0 Å². The van der Waals surface area contributed by atoms with Gasteiger partial charge in [0.15, 0.2) is 0 Å². The number of benzene rings is 1. The second-order valence-corrected chi connectivity index (χ2v) is 5.11. The van der Waals surface area contributed by atoms with Crippen LogP contribution in [0.2, 0.25) is 0 Å². The van der Waals surface area contributed by atoms with Crippen LogP contribution in [-0.2, 0) is 0 Å². The molecule has 0 spiro atoms. The van der Waals surface area contributed by atoms with Crippen LogP contribution in [-0.4, -0.2) is 30.8 Å². The van der Waals surface area contributed by atoms with Gasteiger partial charge in [-0.15, -0.1) is 11.8 Å². The van der Waals surface area contributed by atoms with Crippen LogP contribution in [0.4, 0.5) is 0 Å². The molecule has 2 heterocycles. The fraction of sp³-hybridized carbons (Fsp3) is 0.333. The molecule has 3 aromatic rings. The van der Waals surface area contributed by atoms with Crippen LogP contribution in [0, 0.1) is 0 Å². The summed E-state index contributed by atoms with van der Waals surface area (Å²) >= 11 is 1.77. The number of fused-ring (bicyclic) bond motifs is 3. The van der Waals surface area contributed by atoms with Gasteiger partial charge in [-0.2, -0.15) is 4.52 Å². The number of aromatic nitrogens is 5. The quantitative estimate of drug-likeness (QED) is 0.409. The van der Waals surface area contributed by atoms with Crippen molar-refractivity contribution < 1.29 is 0 Å². The minimum Gasteiger partial charge on any atom is -0.202 e. The Morgan fingerprint density at radius 2 is 2.17 bits per heavy atom. The van der Waals surface area contributed by atoms with Crippen LogP contribution in [0.15, 0.2) is 29.3 Å². The largest absolute Gasteiger partial charge is 0.275 e. The second-order valence-electron chi connectivity index (χ2n) is 4.03. The third kappa shape index (κ3) is 1.92. The Hall–Kier alpha value is -1.69. The third-order valence-corrected chi connectivity index (χ3v) is 3.83. The Balaban J connectivity index is 2.14. The summed E-state index contributed by atoms with van der Waals surface area (Å²) in [6, 6.07) is 8.09. The predicted octanol–water partition coefficient (Wildman–Crippen LogP) is 2.56. The maximum Gasteiger partial charge on any atom is 0.275 e. The summed E-state index contributed by atoms with van der Waals surface area (Å²) in [6.45, 7) is 2.19. The monoisotopic (exact) mass is 259 g/mol. The number of tetrazole rings is 1. The summed E-state index contributed by atoms with van der Waals surface area (Å²) in [5.41, 5.74) is 1.01. The van der Waals surface area contributed by atoms with E-state index in [9.17, 15) is 0 Å². The highest BCUT2D eigenvalue weighted by molar-refractivity contribution is 7.99. The highest BCUT2D eigenvalue weighted by Gasteiger charge is 2.10. The van der Waals surface area contributed by atoms with E-state index in [1.54, 1.807) is 16.3 Å². The number of para-hydroxylation sites is 1. The Labute approximate surface area is 109 Å². The molecule has 0 unspecified atom stereocenters. The molecule has 0 aliphatic carbocycles. The predicted molar refractivity (Wildman–Crippen MR) is 71.7 cm³/mol. The molecule has 0 saturated carbocycles. The molecule has 3 rings (SSSR count). The maximum absolute atomic E-state index is 4.52. The molecular weight excluding hydrogens is 246 g/mol. The van der Waals surface area contributed by atoms with Gasteiger partial charge in [0, 0.05) is 5.39 Å².